The predicted octanol–water partition coefficient (Wildman–Crippen LogP) is 17.6. The van der Waals surface area contributed by atoms with Gasteiger partial charge in [0.1, 0.15) is 0 Å². The van der Waals surface area contributed by atoms with E-state index in [9.17, 15) is 0 Å². The monoisotopic (exact) mass is 1100 g/mol. The average molecular weight is 1100 g/mol. The van der Waals surface area contributed by atoms with Gasteiger partial charge in [-0.1, -0.05) is 206 Å². The molecule has 2 aromatic rings. The highest BCUT2D eigenvalue weighted by Crippen LogP contribution is 2.36. The molecule has 2 fully saturated rings. The smallest absolute Gasteiger partial charge is 0.231 e. The Hall–Kier alpha value is -2.28. The Balaban J connectivity index is 1.36. The maximum Gasteiger partial charge on any atom is 0.231 e. The summed E-state index contributed by atoms with van der Waals surface area (Å²) in [5, 5.41) is 15.3. The van der Waals surface area contributed by atoms with Gasteiger partial charge in [-0.3, -0.25) is 0 Å². The van der Waals surface area contributed by atoms with E-state index < -0.39 is 0 Å². The zero-order valence-corrected chi connectivity index (χ0v) is 52.3. The Morgan fingerprint density at radius 2 is 0.605 bits per heavy atom. The Labute approximate surface area is 477 Å². The number of nitrogens with one attached hydrogen (secondary N) is 4. The summed E-state index contributed by atoms with van der Waals surface area (Å²) in [5.74, 6) is 2.29. The molecule has 12 nitrogen and oxygen atoms in total. The second-order valence-corrected chi connectivity index (χ2v) is 26.9. The molecule has 0 unspecified atom stereocenters. The van der Waals surface area contributed by atoms with Crippen molar-refractivity contribution in [1.82, 2.24) is 40.5 Å². The van der Waals surface area contributed by atoms with Crippen LogP contribution in [0.15, 0.2) is 0 Å². The van der Waals surface area contributed by atoms with Gasteiger partial charge in [-0.05, 0) is 117 Å². The van der Waals surface area contributed by atoms with Crippen molar-refractivity contribution in [3.63, 3.8) is 0 Å². The van der Waals surface area contributed by atoms with E-state index in [1.807, 2.05) is 0 Å². The molecule has 76 heavy (non-hydrogen) atoms. The molecule has 0 spiro atoms. The summed E-state index contributed by atoms with van der Waals surface area (Å²) in [6.07, 6.45) is 46.9. The first-order valence-corrected chi connectivity index (χ1v) is 32.6. The maximum absolute atomic E-state index is 6.82. The van der Waals surface area contributed by atoms with Gasteiger partial charge in [0.05, 0.1) is 0 Å². The number of halogens is 2. The average Bonchev–Trinajstić information content (AvgIpc) is 3.32. The second kappa shape index (κ2) is 36.2. The summed E-state index contributed by atoms with van der Waals surface area (Å²) >= 11 is 13.6. The number of rotatable bonds is 43. The second-order valence-electron chi connectivity index (χ2n) is 26.2. The molecular weight excluding hydrogens is 984 g/mol. The van der Waals surface area contributed by atoms with E-state index in [0.29, 0.717) is 36.9 Å². The Bertz CT molecular complexity index is 1660. The SMILES string of the molecule is CCCCCCCCCCCCCCCCCCNc1nc(Cl)nc(N(CCN(c2nc(Cl)nc(NCCCCCCCCCCCCCCCCCC)n2)C2CC(C)(C)NC(C)(C)C2)C2CC(C)(C)NC(C)(C)C2)n1. The molecule has 0 saturated carbocycles. The summed E-state index contributed by atoms with van der Waals surface area (Å²) in [6, 6.07) is 0.277. The van der Waals surface area contributed by atoms with Gasteiger partial charge in [0.15, 0.2) is 0 Å². The minimum absolute atomic E-state index is 0.104. The van der Waals surface area contributed by atoms with Crippen molar-refractivity contribution < 1.29 is 0 Å². The summed E-state index contributed by atoms with van der Waals surface area (Å²) in [5.41, 5.74) is -0.415. The maximum atomic E-state index is 6.82. The highest BCUT2D eigenvalue weighted by atomic mass is 35.5. The molecule has 0 bridgehead atoms. The number of hydrogen-bond donors (Lipinski definition) is 4. The topological polar surface area (TPSA) is 132 Å². The third-order valence-corrected chi connectivity index (χ3v) is 16.5. The fourth-order valence-electron chi connectivity index (χ4n) is 12.9. The van der Waals surface area contributed by atoms with Crippen LogP contribution in [0.1, 0.15) is 300 Å². The molecular formula is C62H116Cl2N12. The van der Waals surface area contributed by atoms with Crippen LogP contribution in [0, 0.1) is 0 Å². The minimum Gasteiger partial charge on any atom is -0.354 e. The van der Waals surface area contributed by atoms with E-state index in [2.05, 4.69) is 110 Å². The van der Waals surface area contributed by atoms with Crippen LogP contribution in [0.4, 0.5) is 23.8 Å². The van der Waals surface area contributed by atoms with Gasteiger partial charge in [-0.25, -0.2) is 0 Å². The molecule has 14 heteroatoms. The first kappa shape index (κ1) is 66.2. The zero-order valence-electron chi connectivity index (χ0n) is 50.8. The summed E-state index contributed by atoms with van der Waals surface area (Å²) in [7, 11) is 0. The number of unbranched alkanes of at least 4 members (excludes halogenated alkanes) is 30. The van der Waals surface area contributed by atoms with Crippen LogP contribution in [-0.2, 0) is 0 Å². The molecule has 2 saturated heterocycles. The molecule has 4 rings (SSSR count). The Morgan fingerprint density at radius 1 is 0.368 bits per heavy atom. The van der Waals surface area contributed by atoms with Crippen molar-refractivity contribution in [3.8, 4) is 0 Å². The van der Waals surface area contributed by atoms with Crippen molar-refractivity contribution in [2.45, 2.75) is 335 Å². The van der Waals surface area contributed by atoms with Gasteiger partial charge in [-0.15, -0.1) is 0 Å². The van der Waals surface area contributed by atoms with Crippen molar-refractivity contribution in [2.75, 3.05) is 46.6 Å². The largest absolute Gasteiger partial charge is 0.354 e. The van der Waals surface area contributed by atoms with E-state index in [-0.39, 0.29) is 44.8 Å². The number of hydrogen-bond acceptors (Lipinski definition) is 12. The van der Waals surface area contributed by atoms with E-state index in [1.54, 1.807) is 0 Å². The Kier molecular flexibility index (Phi) is 31.5. The van der Waals surface area contributed by atoms with Crippen LogP contribution in [0.3, 0.4) is 0 Å². The van der Waals surface area contributed by atoms with Crippen LogP contribution in [0.5, 0.6) is 0 Å². The summed E-state index contributed by atoms with van der Waals surface area (Å²) in [4.78, 5) is 34.0. The fraction of sp³-hybridized carbons (Fsp3) is 0.903. The van der Waals surface area contributed by atoms with E-state index in [0.717, 1.165) is 51.6 Å². The molecule has 2 aliphatic rings. The van der Waals surface area contributed by atoms with Crippen LogP contribution in [-0.4, -0.2) is 90.3 Å². The third-order valence-electron chi connectivity index (χ3n) is 16.1. The number of piperidine rings is 2. The van der Waals surface area contributed by atoms with Crippen molar-refractivity contribution >= 4 is 47.0 Å². The molecule has 4 N–H and O–H groups in total. The lowest BCUT2D eigenvalue weighted by Crippen LogP contribution is -2.64. The number of nitrogens with zero attached hydrogens (tertiary/aromatic N) is 8. The third kappa shape index (κ3) is 28.2. The standard InChI is InChI=1S/C62H116Cl2N12/c1-11-13-15-17-19-21-23-25-27-29-31-33-35-37-39-41-43-65-55-67-53(63)69-57(71-55)75(51-47-59(3,4)73-60(5,6)48-51)45-46-76(52-49-61(7,8)74-62(9,10)50-52)58-70-54(64)68-56(72-58)66-44-42-40-38-36-34-32-30-28-26-24-22-20-18-16-14-12-2/h51-52,73-74H,11-50H2,1-10H3,(H,65,67,69,71)(H,66,68,70,72). The molecule has 0 radical (unpaired) electrons. The van der Waals surface area contributed by atoms with Gasteiger partial charge < -0.3 is 31.1 Å². The first-order valence-electron chi connectivity index (χ1n) is 31.8. The van der Waals surface area contributed by atoms with Crippen molar-refractivity contribution in [2.24, 2.45) is 0 Å². The Morgan fingerprint density at radius 3 is 0.855 bits per heavy atom. The molecule has 438 valence electrons. The number of anilines is 4. The lowest BCUT2D eigenvalue weighted by molar-refractivity contribution is 0.153. The molecule has 0 atom stereocenters. The van der Waals surface area contributed by atoms with Crippen molar-refractivity contribution in [3.05, 3.63) is 10.6 Å². The minimum atomic E-state index is -0.104. The van der Waals surface area contributed by atoms with Crippen LogP contribution >= 0.6 is 23.2 Å². The van der Waals surface area contributed by atoms with Crippen molar-refractivity contribution in [1.29, 1.82) is 0 Å². The van der Waals surface area contributed by atoms with E-state index >= 15 is 0 Å². The summed E-state index contributed by atoms with van der Waals surface area (Å²) in [6.45, 7) is 25.9. The zero-order chi connectivity index (χ0) is 55.1. The fourth-order valence-corrected chi connectivity index (χ4v) is 13.2. The lowest BCUT2D eigenvalue weighted by atomic mass is 9.78. The predicted molar refractivity (Wildman–Crippen MR) is 329 cm³/mol. The highest BCUT2D eigenvalue weighted by Gasteiger charge is 2.43. The van der Waals surface area contributed by atoms with Crippen LogP contribution in [0.25, 0.3) is 0 Å². The van der Waals surface area contributed by atoms with E-state index in [1.165, 1.54) is 193 Å². The van der Waals surface area contributed by atoms with Gasteiger partial charge in [0, 0.05) is 60.4 Å². The van der Waals surface area contributed by atoms with Gasteiger partial charge >= 0.3 is 0 Å². The summed E-state index contributed by atoms with van der Waals surface area (Å²) < 4.78 is 0. The van der Waals surface area contributed by atoms with Gasteiger partial charge in [0.2, 0.25) is 34.4 Å². The van der Waals surface area contributed by atoms with Gasteiger partial charge in [-0.2, -0.15) is 29.9 Å². The molecule has 2 aromatic heterocycles. The molecule has 2 aliphatic heterocycles. The lowest BCUT2D eigenvalue weighted by Gasteiger charge is -2.51. The normalized spacial score (nSPS) is 17.3. The molecule has 0 amide bonds. The molecule has 0 aliphatic carbocycles. The van der Waals surface area contributed by atoms with Gasteiger partial charge in [0.25, 0.3) is 0 Å². The van der Waals surface area contributed by atoms with Crippen LogP contribution < -0.4 is 31.1 Å². The number of aromatic nitrogens is 6. The first-order chi connectivity index (χ1) is 36.4. The van der Waals surface area contributed by atoms with E-state index in [4.69, 9.17) is 43.1 Å². The quantitative estimate of drug-likeness (QED) is 0.0472. The van der Waals surface area contributed by atoms with Crippen LogP contribution in [0.2, 0.25) is 10.6 Å². The highest BCUT2D eigenvalue weighted by molar-refractivity contribution is 6.28. The molecule has 4 heterocycles. The molecule has 0 aromatic carbocycles.